The molecule has 1 aromatic heterocycles. The van der Waals surface area contributed by atoms with E-state index in [4.69, 9.17) is 17.2 Å². The summed E-state index contributed by atoms with van der Waals surface area (Å²) in [6.45, 7) is 8.53. The monoisotopic (exact) mass is 784 g/mol. The quantitative estimate of drug-likeness (QED) is 0.0691. The van der Waals surface area contributed by atoms with Crippen LogP contribution in [0.15, 0.2) is 30.5 Å². The lowest BCUT2D eigenvalue weighted by atomic mass is 9.96. The Hall–Kier alpha value is -4.54. The van der Waals surface area contributed by atoms with Gasteiger partial charge in [0.05, 0.1) is 6.04 Å². The third-order valence-corrected chi connectivity index (χ3v) is 10.6. The number of nitrogens with one attached hydrogen (secondary N) is 5. The molecule has 7 atom stereocenters. The van der Waals surface area contributed by atoms with Crippen LogP contribution in [0.2, 0.25) is 0 Å². The zero-order chi connectivity index (χ0) is 41.4. The lowest BCUT2D eigenvalue weighted by molar-refractivity contribution is -0.143. The van der Waals surface area contributed by atoms with Gasteiger partial charge in [0, 0.05) is 30.1 Å². The van der Waals surface area contributed by atoms with Gasteiger partial charge >= 0.3 is 5.97 Å². The molecule has 3 rings (SSSR count). The minimum absolute atomic E-state index is 0.00706. The second kappa shape index (κ2) is 22.9. The van der Waals surface area contributed by atoms with Crippen LogP contribution in [0, 0.1) is 11.8 Å². The van der Waals surface area contributed by atoms with Crippen LogP contribution in [0.5, 0.6) is 0 Å². The number of benzene rings is 1. The first-order valence-electron chi connectivity index (χ1n) is 20.2. The fourth-order valence-electron chi connectivity index (χ4n) is 7.08. The Balaban J connectivity index is 1.88. The number of para-hydroxylation sites is 1. The number of carbonyl (C=O) groups is 6. The summed E-state index contributed by atoms with van der Waals surface area (Å²) in [6, 6.07) is 1.46. The van der Waals surface area contributed by atoms with Gasteiger partial charge in [0.15, 0.2) is 0 Å². The Bertz CT molecular complexity index is 1620. The predicted octanol–water partition coefficient (Wildman–Crippen LogP) is 1.40. The molecule has 0 spiro atoms. The first-order valence-corrected chi connectivity index (χ1v) is 20.2. The standard InChI is InChI=1S/C40H65N9O7/c1-5-25(4)34(38(53)47-32(40(55)56)21-24(2)3)48-36(51)31(22-26-23-44-29-15-7-6-13-27(26)29)46-37(52)33-17-12-20-49(33)39(54)30(16-9-11-19-42)45-35(50)28(43)14-8-10-18-41/h6-7,13,15,23-25,28,30-34,44H,5,8-12,14,16-22,41-43H2,1-4H3,(H,45,50)(H,46,52)(H,47,53)(H,48,51)(H,55,56)/t25-,28-,30-,31+,32-,33-,34-/m0/s1. The number of carboxylic acids is 1. The van der Waals surface area contributed by atoms with Crippen molar-refractivity contribution in [3.63, 3.8) is 0 Å². The van der Waals surface area contributed by atoms with Crippen molar-refractivity contribution >= 4 is 46.4 Å². The molecule has 1 aliphatic rings. The van der Waals surface area contributed by atoms with Crippen molar-refractivity contribution < 1.29 is 33.9 Å². The topological polar surface area (TPSA) is 268 Å². The molecule has 16 heteroatoms. The summed E-state index contributed by atoms with van der Waals surface area (Å²) < 4.78 is 0. The van der Waals surface area contributed by atoms with Gasteiger partial charge < -0.3 is 53.5 Å². The van der Waals surface area contributed by atoms with Crippen LogP contribution in [0.1, 0.15) is 97.5 Å². The molecule has 0 radical (unpaired) electrons. The van der Waals surface area contributed by atoms with Crippen molar-refractivity contribution in [1.29, 1.82) is 0 Å². The number of carbonyl (C=O) groups excluding carboxylic acids is 5. The van der Waals surface area contributed by atoms with Crippen molar-refractivity contribution in [2.45, 2.75) is 135 Å². The van der Waals surface area contributed by atoms with Gasteiger partial charge in [0.1, 0.15) is 30.2 Å². The predicted molar refractivity (Wildman–Crippen MR) is 215 cm³/mol. The van der Waals surface area contributed by atoms with Crippen LogP contribution in [0.3, 0.4) is 0 Å². The molecule has 1 fully saturated rings. The molecule has 1 aromatic carbocycles. The fourth-order valence-corrected chi connectivity index (χ4v) is 7.08. The molecule has 16 nitrogen and oxygen atoms in total. The van der Waals surface area contributed by atoms with Crippen LogP contribution < -0.4 is 38.5 Å². The number of amides is 5. The normalized spacial score (nSPS) is 17.4. The molecule has 0 unspecified atom stereocenters. The summed E-state index contributed by atoms with van der Waals surface area (Å²) in [5.41, 5.74) is 19.0. The summed E-state index contributed by atoms with van der Waals surface area (Å²) in [5, 5.41) is 21.8. The Morgan fingerprint density at radius 2 is 1.52 bits per heavy atom. The first kappa shape index (κ1) is 45.8. The number of hydrogen-bond donors (Lipinski definition) is 9. The molecule has 12 N–H and O–H groups in total. The van der Waals surface area contributed by atoms with Crippen LogP contribution >= 0.6 is 0 Å². The van der Waals surface area contributed by atoms with Crippen molar-refractivity contribution in [3.8, 4) is 0 Å². The molecule has 2 aromatic rings. The van der Waals surface area contributed by atoms with Crippen molar-refractivity contribution in [1.82, 2.24) is 31.2 Å². The molecule has 0 saturated carbocycles. The maximum Gasteiger partial charge on any atom is 0.326 e. The van der Waals surface area contributed by atoms with Crippen LogP contribution in [0.4, 0.5) is 0 Å². The number of nitrogens with two attached hydrogens (primary N) is 3. The third-order valence-electron chi connectivity index (χ3n) is 10.6. The summed E-state index contributed by atoms with van der Waals surface area (Å²) in [4.78, 5) is 85.9. The smallest absolute Gasteiger partial charge is 0.326 e. The lowest BCUT2D eigenvalue weighted by Crippen LogP contribution is -2.60. The summed E-state index contributed by atoms with van der Waals surface area (Å²) in [7, 11) is 0. The van der Waals surface area contributed by atoms with Gasteiger partial charge in [-0.05, 0) is 87.9 Å². The highest BCUT2D eigenvalue weighted by molar-refractivity contribution is 5.97. The number of carboxylic acid groups (broad SMARTS) is 1. The molecule has 56 heavy (non-hydrogen) atoms. The average Bonchev–Trinajstić information content (AvgIpc) is 3.83. The molecule has 5 amide bonds. The van der Waals surface area contributed by atoms with Crippen molar-refractivity contribution in [2.24, 2.45) is 29.0 Å². The zero-order valence-electron chi connectivity index (χ0n) is 33.5. The zero-order valence-corrected chi connectivity index (χ0v) is 33.5. The Labute approximate surface area is 330 Å². The average molecular weight is 784 g/mol. The van der Waals surface area contributed by atoms with Crippen LogP contribution in [-0.2, 0) is 35.2 Å². The van der Waals surface area contributed by atoms with E-state index in [1.165, 1.54) is 4.90 Å². The second-order valence-corrected chi connectivity index (χ2v) is 15.5. The third kappa shape index (κ3) is 13.3. The molecular formula is C40H65N9O7. The van der Waals surface area contributed by atoms with E-state index in [1.807, 2.05) is 45.0 Å². The van der Waals surface area contributed by atoms with E-state index in [0.29, 0.717) is 64.5 Å². The molecule has 312 valence electrons. The van der Waals surface area contributed by atoms with Crippen molar-refractivity contribution in [2.75, 3.05) is 19.6 Å². The van der Waals surface area contributed by atoms with Gasteiger partial charge in [-0.2, -0.15) is 0 Å². The minimum atomic E-state index is -1.17. The minimum Gasteiger partial charge on any atom is -0.480 e. The van der Waals surface area contributed by atoms with E-state index in [0.717, 1.165) is 22.9 Å². The number of likely N-dealkylation sites (tertiary alicyclic amines) is 1. The van der Waals surface area contributed by atoms with Gasteiger partial charge in [0.25, 0.3) is 0 Å². The van der Waals surface area contributed by atoms with Crippen LogP contribution in [0.25, 0.3) is 10.9 Å². The number of unbranched alkanes of at least 4 members (excludes halogenated alkanes) is 2. The van der Waals surface area contributed by atoms with Crippen molar-refractivity contribution in [3.05, 3.63) is 36.0 Å². The highest BCUT2D eigenvalue weighted by atomic mass is 16.4. The van der Waals surface area contributed by atoms with Gasteiger partial charge in [-0.3, -0.25) is 24.0 Å². The molecule has 1 saturated heterocycles. The molecular weight excluding hydrogens is 718 g/mol. The Morgan fingerprint density at radius 1 is 0.857 bits per heavy atom. The Kier molecular flexibility index (Phi) is 18.7. The second-order valence-electron chi connectivity index (χ2n) is 15.5. The fraction of sp³-hybridized carbons (Fsp3) is 0.650. The largest absolute Gasteiger partial charge is 0.480 e. The number of aromatic nitrogens is 1. The summed E-state index contributed by atoms with van der Waals surface area (Å²) in [5.74, 6) is -4.24. The van der Waals surface area contributed by atoms with E-state index in [-0.39, 0.29) is 31.2 Å². The lowest BCUT2D eigenvalue weighted by Gasteiger charge is -2.31. The van der Waals surface area contributed by atoms with Gasteiger partial charge in [0.2, 0.25) is 29.5 Å². The maximum absolute atomic E-state index is 14.2. The van der Waals surface area contributed by atoms with Gasteiger partial charge in [-0.1, -0.05) is 58.7 Å². The molecule has 2 heterocycles. The van der Waals surface area contributed by atoms with Gasteiger partial charge in [-0.15, -0.1) is 0 Å². The number of H-pyrrole nitrogens is 1. The van der Waals surface area contributed by atoms with Crippen LogP contribution in [-0.4, -0.2) is 106 Å². The van der Waals surface area contributed by atoms with E-state index in [1.54, 1.807) is 13.1 Å². The number of rotatable bonds is 24. The molecule has 0 aliphatic carbocycles. The number of nitrogens with zero attached hydrogens (tertiary/aromatic N) is 1. The van der Waals surface area contributed by atoms with E-state index < -0.39 is 71.8 Å². The van der Waals surface area contributed by atoms with E-state index in [2.05, 4.69) is 26.3 Å². The highest BCUT2D eigenvalue weighted by Gasteiger charge is 2.40. The molecule has 1 aliphatic heterocycles. The number of fused-ring (bicyclic) bond motifs is 1. The highest BCUT2D eigenvalue weighted by Crippen LogP contribution is 2.23. The number of hydrogen-bond acceptors (Lipinski definition) is 9. The Morgan fingerprint density at radius 3 is 2.16 bits per heavy atom. The number of aromatic amines is 1. The van der Waals surface area contributed by atoms with E-state index >= 15 is 0 Å². The maximum atomic E-state index is 14.2. The van der Waals surface area contributed by atoms with E-state index in [9.17, 15) is 33.9 Å². The SMILES string of the molecule is CC[C@H](C)[C@H](NC(=O)[C@@H](Cc1c[nH]c2ccccc12)NC(=O)[C@@H]1CCCN1C(=O)[C@H](CCCCN)NC(=O)[C@@H](N)CCCCN)C(=O)N[C@@H](CC(C)C)C(=O)O. The number of aliphatic carboxylic acids is 1. The summed E-state index contributed by atoms with van der Waals surface area (Å²) >= 11 is 0. The van der Waals surface area contributed by atoms with Gasteiger partial charge in [-0.25, -0.2) is 4.79 Å². The first-order chi connectivity index (χ1) is 26.7. The summed E-state index contributed by atoms with van der Waals surface area (Å²) in [6.07, 6.45) is 6.73. The molecule has 0 bridgehead atoms.